The predicted octanol–water partition coefficient (Wildman–Crippen LogP) is -0.162. The summed E-state index contributed by atoms with van der Waals surface area (Å²) >= 11 is 0. The van der Waals surface area contributed by atoms with Crippen molar-refractivity contribution in [2.24, 2.45) is 0 Å². The molecule has 1 fully saturated rings. The van der Waals surface area contributed by atoms with Crippen LogP contribution < -0.4 is 15.4 Å². The summed E-state index contributed by atoms with van der Waals surface area (Å²) in [4.78, 5) is 25.5. The van der Waals surface area contributed by atoms with E-state index in [9.17, 15) is 18.0 Å². The third kappa shape index (κ3) is 3.69. The second kappa shape index (κ2) is 6.01. The summed E-state index contributed by atoms with van der Waals surface area (Å²) in [7, 11) is -3.66. The fourth-order valence-corrected chi connectivity index (χ4v) is 3.67. The van der Waals surface area contributed by atoms with Gasteiger partial charge in [0, 0.05) is 24.2 Å². The lowest BCUT2D eigenvalue weighted by molar-refractivity contribution is -0.119. The SMILES string of the molecule is O=C1NC(=O)[C@@H](CS(=O)(=O)NCCc2cc3ccccc3[nH]2)N1. The van der Waals surface area contributed by atoms with Crippen molar-refractivity contribution in [2.75, 3.05) is 12.3 Å². The van der Waals surface area contributed by atoms with Crippen molar-refractivity contribution in [2.45, 2.75) is 12.5 Å². The molecule has 0 spiro atoms. The summed E-state index contributed by atoms with van der Waals surface area (Å²) < 4.78 is 26.3. The van der Waals surface area contributed by atoms with E-state index >= 15 is 0 Å². The van der Waals surface area contributed by atoms with E-state index in [1.807, 2.05) is 35.6 Å². The number of carbonyl (C=O) groups is 2. The molecule has 1 atom stereocenters. The largest absolute Gasteiger partial charge is 0.358 e. The first-order valence-corrected chi connectivity index (χ1v) is 8.73. The van der Waals surface area contributed by atoms with Gasteiger partial charge in [-0.25, -0.2) is 17.9 Å². The molecule has 0 bridgehead atoms. The van der Waals surface area contributed by atoms with Gasteiger partial charge >= 0.3 is 6.03 Å². The number of rotatable bonds is 6. The number of hydrogen-bond donors (Lipinski definition) is 4. The lowest BCUT2D eigenvalue weighted by Crippen LogP contribution is -2.41. The van der Waals surface area contributed by atoms with E-state index in [0.717, 1.165) is 16.6 Å². The van der Waals surface area contributed by atoms with Crippen LogP contribution >= 0.6 is 0 Å². The van der Waals surface area contributed by atoms with Gasteiger partial charge in [-0.05, 0) is 17.5 Å². The maximum absolute atomic E-state index is 11.9. The molecule has 4 N–H and O–H groups in total. The lowest BCUT2D eigenvalue weighted by atomic mass is 10.2. The number of fused-ring (bicyclic) bond motifs is 1. The van der Waals surface area contributed by atoms with Crippen LogP contribution in [0.15, 0.2) is 30.3 Å². The van der Waals surface area contributed by atoms with Crippen LogP contribution in [0.2, 0.25) is 0 Å². The Balaban J connectivity index is 1.55. The van der Waals surface area contributed by atoms with Crippen LogP contribution in [-0.4, -0.2) is 43.7 Å². The fraction of sp³-hybridized carbons (Fsp3) is 0.286. The fourth-order valence-electron chi connectivity index (χ4n) is 2.46. The second-order valence-electron chi connectivity index (χ2n) is 5.32. The number of nitrogens with one attached hydrogen (secondary N) is 4. The molecular formula is C14H16N4O4S. The number of aromatic nitrogens is 1. The van der Waals surface area contributed by atoms with E-state index in [0.29, 0.717) is 6.42 Å². The Hall–Kier alpha value is -2.39. The van der Waals surface area contributed by atoms with E-state index in [1.165, 1.54) is 0 Å². The summed E-state index contributed by atoms with van der Waals surface area (Å²) in [6, 6.07) is 8.02. The topological polar surface area (TPSA) is 120 Å². The highest BCUT2D eigenvalue weighted by Crippen LogP contribution is 2.14. The Bertz CT molecular complexity index is 826. The molecule has 3 amide bonds. The van der Waals surface area contributed by atoms with Crippen molar-refractivity contribution in [3.8, 4) is 0 Å². The monoisotopic (exact) mass is 336 g/mol. The quantitative estimate of drug-likeness (QED) is 0.548. The van der Waals surface area contributed by atoms with Gasteiger partial charge in [0.25, 0.3) is 5.91 Å². The molecule has 122 valence electrons. The number of para-hydroxylation sites is 1. The van der Waals surface area contributed by atoms with E-state index in [1.54, 1.807) is 0 Å². The molecule has 1 aliphatic heterocycles. The molecule has 23 heavy (non-hydrogen) atoms. The van der Waals surface area contributed by atoms with Crippen molar-refractivity contribution in [3.05, 3.63) is 36.0 Å². The zero-order valence-electron chi connectivity index (χ0n) is 12.1. The smallest absolute Gasteiger partial charge is 0.322 e. The summed E-state index contributed by atoms with van der Waals surface area (Å²) in [5.74, 6) is -1.10. The molecule has 1 saturated heterocycles. The Morgan fingerprint density at radius 2 is 1.96 bits per heavy atom. The van der Waals surface area contributed by atoms with Crippen LogP contribution in [0.1, 0.15) is 5.69 Å². The summed E-state index contributed by atoms with van der Waals surface area (Å²) in [5.41, 5.74) is 1.91. The van der Waals surface area contributed by atoms with Gasteiger partial charge < -0.3 is 10.3 Å². The number of carbonyl (C=O) groups excluding carboxylic acids is 2. The molecule has 2 aromatic rings. The molecule has 0 aliphatic carbocycles. The molecule has 1 aromatic heterocycles. The van der Waals surface area contributed by atoms with Gasteiger partial charge in [-0.15, -0.1) is 0 Å². The van der Waals surface area contributed by atoms with Crippen LogP contribution in [0.3, 0.4) is 0 Å². The highest BCUT2D eigenvalue weighted by Gasteiger charge is 2.33. The van der Waals surface area contributed by atoms with Crippen molar-refractivity contribution in [3.63, 3.8) is 0 Å². The van der Waals surface area contributed by atoms with Crippen LogP contribution in [0.25, 0.3) is 10.9 Å². The number of H-pyrrole nitrogens is 1. The standard InChI is InChI=1S/C14H16N4O4S/c19-13-12(17-14(20)18-13)8-23(21,22)15-6-5-10-7-9-3-1-2-4-11(9)16-10/h1-4,7,12,15-16H,5-6,8H2,(H2,17,18,19,20)/t12-/m1/s1. The van der Waals surface area contributed by atoms with Gasteiger partial charge in [-0.1, -0.05) is 18.2 Å². The Morgan fingerprint density at radius 1 is 1.17 bits per heavy atom. The second-order valence-corrected chi connectivity index (χ2v) is 7.17. The van der Waals surface area contributed by atoms with Crippen LogP contribution in [0.4, 0.5) is 4.79 Å². The Kier molecular flexibility index (Phi) is 4.05. The van der Waals surface area contributed by atoms with E-state index in [-0.39, 0.29) is 6.54 Å². The first-order chi connectivity index (χ1) is 10.9. The van der Waals surface area contributed by atoms with Crippen molar-refractivity contribution in [1.82, 2.24) is 20.3 Å². The van der Waals surface area contributed by atoms with Crippen LogP contribution in [-0.2, 0) is 21.2 Å². The molecule has 0 radical (unpaired) electrons. The van der Waals surface area contributed by atoms with Gasteiger partial charge in [0.1, 0.15) is 6.04 Å². The maximum atomic E-state index is 11.9. The first kappa shape index (κ1) is 15.5. The highest BCUT2D eigenvalue weighted by atomic mass is 32.2. The molecule has 1 aliphatic rings. The van der Waals surface area contributed by atoms with Gasteiger partial charge in [-0.3, -0.25) is 10.1 Å². The number of amides is 3. The summed E-state index contributed by atoms with van der Waals surface area (Å²) in [6.45, 7) is 0.206. The number of sulfonamides is 1. The number of benzene rings is 1. The molecule has 9 heteroatoms. The van der Waals surface area contributed by atoms with E-state index < -0.39 is 33.8 Å². The minimum absolute atomic E-state index is 0.206. The van der Waals surface area contributed by atoms with E-state index in [4.69, 9.17) is 0 Å². The number of aromatic amines is 1. The molecule has 0 unspecified atom stereocenters. The zero-order chi connectivity index (χ0) is 16.4. The van der Waals surface area contributed by atoms with Crippen molar-refractivity contribution < 1.29 is 18.0 Å². The lowest BCUT2D eigenvalue weighted by Gasteiger charge is -2.09. The minimum atomic E-state index is -3.66. The molecular weight excluding hydrogens is 320 g/mol. The van der Waals surface area contributed by atoms with Gasteiger partial charge in [-0.2, -0.15) is 0 Å². The number of hydrogen-bond acceptors (Lipinski definition) is 4. The van der Waals surface area contributed by atoms with E-state index in [2.05, 4.69) is 15.0 Å². The third-order valence-corrected chi connectivity index (χ3v) is 4.96. The molecule has 1 aromatic carbocycles. The average molecular weight is 336 g/mol. The summed E-state index contributed by atoms with van der Waals surface area (Å²) in [5, 5.41) is 5.33. The Morgan fingerprint density at radius 3 is 2.65 bits per heavy atom. The third-order valence-electron chi connectivity index (χ3n) is 3.55. The molecule has 3 rings (SSSR count). The minimum Gasteiger partial charge on any atom is -0.358 e. The van der Waals surface area contributed by atoms with Gasteiger partial charge in [0.15, 0.2) is 0 Å². The predicted molar refractivity (Wildman–Crippen MR) is 84.3 cm³/mol. The van der Waals surface area contributed by atoms with Crippen molar-refractivity contribution in [1.29, 1.82) is 0 Å². The zero-order valence-corrected chi connectivity index (χ0v) is 12.9. The molecule has 2 heterocycles. The van der Waals surface area contributed by atoms with Crippen molar-refractivity contribution >= 4 is 32.9 Å². The summed E-state index contributed by atoms with van der Waals surface area (Å²) in [6.07, 6.45) is 0.497. The molecule has 0 saturated carbocycles. The van der Waals surface area contributed by atoms with Crippen LogP contribution in [0, 0.1) is 0 Å². The maximum Gasteiger partial charge on any atom is 0.322 e. The molecule has 8 nitrogen and oxygen atoms in total. The Labute approximate surface area is 132 Å². The van der Waals surface area contributed by atoms with Gasteiger partial charge in [0.05, 0.1) is 5.75 Å². The number of urea groups is 1. The van der Waals surface area contributed by atoms with Crippen LogP contribution in [0.5, 0.6) is 0 Å². The van der Waals surface area contributed by atoms with Gasteiger partial charge in [0.2, 0.25) is 10.0 Å². The number of imide groups is 1. The average Bonchev–Trinajstić information content (AvgIpc) is 3.01. The normalized spacial score (nSPS) is 18.2. The highest BCUT2D eigenvalue weighted by molar-refractivity contribution is 7.89. The first-order valence-electron chi connectivity index (χ1n) is 7.08.